The van der Waals surface area contributed by atoms with Crippen LogP contribution in [-0.2, 0) is 0 Å². The van der Waals surface area contributed by atoms with Gasteiger partial charge in [0.05, 0.1) is 11.4 Å². The highest BCUT2D eigenvalue weighted by molar-refractivity contribution is 6.21. The Morgan fingerprint density at radius 1 is 1.04 bits per heavy atom. The summed E-state index contributed by atoms with van der Waals surface area (Å²) < 4.78 is 0. The maximum Gasteiger partial charge on any atom is 0.186 e. The highest BCUT2D eigenvalue weighted by Gasteiger charge is 2.29. The lowest BCUT2D eigenvalue weighted by molar-refractivity contribution is 0.0958. The number of aliphatic hydroxyl groups is 1. The molecule has 0 saturated heterocycles. The minimum Gasteiger partial charge on any atom is -0.396 e. The topological polar surface area (TPSA) is 61.7 Å². The molecule has 0 spiro atoms. The number of fused-ring (bicyclic) bond motifs is 1. The number of Topliss-reactive ketones (excluding diaryl/α,β-unsaturated/α-hetero) is 1. The molecule has 0 amide bonds. The number of nitrogens with zero attached hydrogens (tertiary/aromatic N) is 1. The molecule has 0 radical (unpaired) electrons. The van der Waals surface area contributed by atoms with Crippen molar-refractivity contribution in [3.63, 3.8) is 0 Å². The Balaban J connectivity index is 2.07. The molecule has 0 saturated carbocycles. The third-order valence-corrected chi connectivity index (χ3v) is 4.03. The Hall–Kier alpha value is -2.56. The molecule has 4 heteroatoms. The average molecular weight is 320 g/mol. The van der Waals surface area contributed by atoms with Gasteiger partial charge in [-0.2, -0.15) is 0 Å². The van der Waals surface area contributed by atoms with Gasteiger partial charge in [0, 0.05) is 23.3 Å². The fourth-order valence-electron chi connectivity index (χ4n) is 2.83. The fraction of sp³-hybridized carbons (Fsp3) is 0.200. The summed E-state index contributed by atoms with van der Waals surface area (Å²) in [4.78, 5) is 17.6. The Labute approximate surface area is 141 Å². The first-order chi connectivity index (χ1) is 11.7. The zero-order valence-corrected chi connectivity index (χ0v) is 13.4. The minimum absolute atomic E-state index is 0.0387. The van der Waals surface area contributed by atoms with Crippen LogP contribution in [0.15, 0.2) is 71.9 Å². The number of nitrogens with one attached hydrogen (secondary N) is 1. The van der Waals surface area contributed by atoms with Gasteiger partial charge in [-0.1, -0.05) is 61.2 Å². The van der Waals surface area contributed by atoms with Gasteiger partial charge in [0.15, 0.2) is 5.78 Å². The number of hydrogen-bond donors (Lipinski definition) is 2. The first kappa shape index (κ1) is 16.3. The van der Waals surface area contributed by atoms with Gasteiger partial charge >= 0.3 is 0 Å². The summed E-state index contributed by atoms with van der Waals surface area (Å²) >= 11 is 0. The van der Waals surface area contributed by atoms with E-state index in [9.17, 15) is 4.79 Å². The predicted molar refractivity (Wildman–Crippen MR) is 95.5 cm³/mol. The van der Waals surface area contributed by atoms with Crippen molar-refractivity contribution >= 4 is 11.5 Å². The first-order valence-corrected chi connectivity index (χ1v) is 8.03. The summed E-state index contributed by atoms with van der Waals surface area (Å²) in [7, 11) is 0. The van der Waals surface area contributed by atoms with Gasteiger partial charge in [0.1, 0.15) is 6.04 Å². The van der Waals surface area contributed by atoms with Gasteiger partial charge in [-0.05, 0) is 13.0 Å². The van der Waals surface area contributed by atoms with E-state index in [1.807, 2.05) is 54.6 Å². The van der Waals surface area contributed by atoms with Crippen molar-refractivity contribution in [1.29, 1.82) is 0 Å². The molecule has 1 heterocycles. The van der Waals surface area contributed by atoms with Gasteiger partial charge in [0.2, 0.25) is 0 Å². The third kappa shape index (κ3) is 3.20. The van der Waals surface area contributed by atoms with Crippen LogP contribution in [0.2, 0.25) is 0 Å². The van der Waals surface area contributed by atoms with E-state index in [2.05, 4.69) is 16.9 Å². The summed E-state index contributed by atoms with van der Waals surface area (Å²) in [5, 5.41) is 12.1. The van der Waals surface area contributed by atoms with Crippen molar-refractivity contribution in [2.24, 2.45) is 4.99 Å². The largest absolute Gasteiger partial charge is 0.396 e. The molecule has 4 nitrogen and oxygen atoms in total. The lowest BCUT2D eigenvalue weighted by Crippen LogP contribution is -2.38. The van der Waals surface area contributed by atoms with Crippen molar-refractivity contribution < 1.29 is 9.90 Å². The lowest BCUT2D eigenvalue weighted by atomic mass is 9.94. The Morgan fingerprint density at radius 3 is 2.42 bits per heavy atom. The Kier molecular flexibility index (Phi) is 4.99. The molecule has 0 bridgehead atoms. The van der Waals surface area contributed by atoms with Crippen LogP contribution in [0.3, 0.4) is 0 Å². The van der Waals surface area contributed by atoms with Gasteiger partial charge in [0.25, 0.3) is 0 Å². The van der Waals surface area contributed by atoms with Crippen molar-refractivity contribution in [1.82, 2.24) is 5.32 Å². The zero-order chi connectivity index (χ0) is 16.9. The van der Waals surface area contributed by atoms with Crippen molar-refractivity contribution in [3.8, 4) is 0 Å². The highest BCUT2D eigenvalue weighted by atomic mass is 16.3. The molecule has 122 valence electrons. The monoisotopic (exact) mass is 320 g/mol. The van der Waals surface area contributed by atoms with Gasteiger partial charge < -0.3 is 10.4 Å². The molecule has 24 heavy (non-hydrogen) atoms. The first-order valence-electron chi connectivity index (χ1n) is 8.03. The molecular weight excluding hydrogens is 300 g/mol. The maximum atomic E-state index is 13.0. The van der Waals surface area contributed by atoms with E-state index in [1.165, 1.54) is 0 Å². The molecule has 0 aromatic heterocycles. The normalized spacial score (nSPS) is 17.2. The molecule has 3 rings (SSSR count). The number of benzene rings is 2. The van der Waals surface area contributed by atoms with Crippen molar-refractivity contribution in [3.05, 3.63) is 83.6 Å². The second kappa shape index (κ2) is 7.34. The van der Waals surface area contributed by atoms with E-state index in [1.54, 1.807) is 0 Å². The van der Waals surface area contributed by atoms with E-state index >= 15 is 0 Å². The third-order valence-electron chi connectivity index (χ3n) is 4.03. The summed E-state index contributed by atoms with van der Waals surface area (Å²) in [5.74, 6) is -0.0387. The number of ketones is 1. The molecular formula is C20H20N2O2. The summed E-state index contributed by atoms with van der Waals surface area (Å²) in [6.07, 6.45) is 0.577. The van der Waals surface area contributed by atoms with E-state index in [-0.39, 0.29) is 12.4 Å². The van der Waals surface area contributed by atoms with Crippen LogP contribution in [-0.4, -0.2) is 35.8 Å². The molecule has 0 aliphatic carbocycles. The fourth-order valence-corrected chi connectivity index (χ4v) is 2.83. The second-order valence-corrected chi connectivity index (χ2v) is 5.69. The number of aliphatic hydroxyl groups excluding tert-OH is 1. The Morgan fingerprint density at radius 2 is 1.71 bits per heavy atom. The summed E-state index contributed by atoms with van der Waals surface area (Å²) in [5.41, 5.74) is 3.67. The molecule has 1 aliphatic rings. The lowest BCUT2D eigenvalue weighted by Gasteiger charge is -2.16. The van der Waals surface area contributed by atoms with Crippen LogP contribution in [0.1, 0.15) is 27.9 Å². The van der Waals surface area contributed by atoms with Crippen LogP contribution in [0.25, 0.3) is 0 Å². The van der Waals surface area contributed by atoms with Crippen molar-refractivity contribution in [2.45, 2.75) is 12.5 Å². The number of hydrogen-bond acceptors (Lipinski definition) is 4. The van der Waals surface area contributed by atoms with Crippen LogP contribution < -0.4 is 5.32 Å². The quantitative estimate of drug-likeness (QED) is 0.832. The van der Waals surface area contributed by atoms with Crippen molar-refractivity contribution in [2.75, 3.05) is 13.2 Å². The average Bonchev–Trinajstić information content (AvgIpc) is 2.73. The molecule has 0 fully saturated rings. The Bertz CT molecular complexity index is 781. The number of aliphatic imine (C=N–C) groups is 1. The molecule has 2 aromatic carbocycles. The van der Waals surface area contributed by atoms with Crippen LogP contribution in [0.4, 0.5) is 0 Å². The van der Waals surface area contributed by atoms with E-state index in [4.69, 9.17) is 5.11 Å². The second-order valence-electron chi connectivity index (χ2n) is 5.69. The van der Waals surface area contributed by atoms with E-state index < -0.39 is 6.04 Å². The minimum atomic E-state index is -0.570. The number of carbonyl (C=O) groups excluding carboxylic acids is 1. The van der Waals surface area contributed by atoms with Crippen LogP contribution >= 0.6 is 0 Å². The molecule has 1 unspecified atom stereocenters. The molecule has 2 aromatic rings. The van der Waals surface area contributed by atoms with Gasteiger partial charge in [-0.3, -0.25) is 9.79 Å². The molecule has 1 aliphatic heterocycles. The van der Waals surface area contributed by atoms with E-state index in [0.29, 0.717) is 24.2 Å². The van der Waals surface area contributed by atoms with Crippen LogP contribution in [0.5, 0.6) is 0 Å². The molecule has 2 N–H and O–H groups in total. The summed E-state index contributed by atoms with van der Waals surface area (Å²) in [6.45, 7) is 4.62. The predicted octanol–water partition coefficient (Wildman–Crippen LogP) is 2.57. The maximum absolute atomic E-state index is 13.0. The van der Waals surface area contributed by atoms with Gasteiger partial charge in [-0.25, -0.2) is 0 Å². The van der Waals surface area contributed by atoms with E-state index in [0.717, 1.165) is 16.8 Å². The van der Waals surface area contributed by atoms with Gasteiger partial charge in [-0.15, -0.1) is 0 Å². The SMILES string of the molecule is C=C1N=C(c2ccccc2)c2ccccc2C(=O)C1NCCCO. The number of rotatable bonds is 5. The number of carbonyl (C=O) groups is 1. The summed E-state index contributed by atoms with van der Waals surface area (Å²) in [6, 6.07) is 16.8. The van der Waals surface area contributed by atoms with Crippen LogP contribution in [0, 0.1) is 0 Å². The standard InChI is InChI=1S/C20H20N2O2/c1-14-18(21-12-7-13-23)20(24)17-11-6-5-10-16(17)19(22-14)15-8-3-2-4-9-15/h2-6,8-11,18,21,23H,1,7,12-13H2. The molecule has 1 atom stereocenters. The highest BCUT2D eigenvalue weighted by Crippen LogP contribution is 2.24. The zero-order valence-electron chi connectivity index (χ0n) is 13.4. The smallest absolute Gasteiger partial charge is 0.186 e.